The molecule has 1 aromatic heterocycles. The van der Waals surface area contributed by atoms with Gasteiger partial charge in [-0.1, -0.05) is 6.08 Å². The molecule has 0 radical (unpaired) electrons. The fourth-order valence-electron chi connectivity index (χ4n) is 1.85. The Bertz CT molecular complexity index is 490. The molecule has 1 saturated heterocycles. The molecule has 1 aromatic rings. The molecule has 1 unspecified atom stereocenters. The number of hydrogen-bond donors (Lipinski definition) is 1. The van der Waals surface area contributed by atoms with Gasteiger partial charge in [-0.3, -0.25) is 4.79 Å². The van der Waals surface area contributed by atoms with Gasteiger partial charge in [0.15, 0.2) is 0 Å². The number of nitrogens with zero attached hydrogens (tertiary/aromatic N) is 2. The molecule has 17 heavy (non-hydrogen) atoms. The van der Waals surface area contributed by atoms with Gasteiger partial charge < -0.3 is 10.6 Å². The first-order chi connectivity index (χ1) is 8.04. The third kappa shape index (κ3) is 2.24. The lowest BCUT2D eigenvalue weighted by molar-refractivity contribution is -0.117. The van der Waals surface area contributed by atoms with Crippen molar-refractivity contribution in [3.8, 4) is 0 Å². The van der Waals surface area contributed by atoms with E-state index in [9.17, 15) is 4.79 Å². The summed E-state index contributed by atoms with van der Waals surface area (Å²) in [4.78, 5) is 17.7. The lowest BCUT2D eigenvalue weighted by atomic mass is 10.1. The smallest absolute Gasteiger partial charge is 0.227 e. The zero-order valence-corrected chi connectivity index (χ0v) is 12.2. The molecular weight excluding hydrogens is 350 g/mol. The molecule has 1 amide bonds. The molecule has 2 heterocycles. The molecule has 4 nitrogen and oxygen atoms in total. The first kappa shape index (κ1) is 12.6. The van der Waals surface area contributed by atoms with Crippen molar-refractivity contribution in [2.45, 2.75) is 6.42 Å². The predicted octanol–water partition coefficient (Wildman–Crippen LogP) is 2.73. The van der Waals surface area contributed by atoms with Gasteiger partial charge in [-0.25, -0.2) is 4.98 Å². The second-order valence-corrected chi connectivity index (χ2v) is 5.47. The normalized spacial score (nSPS) is 19.8. The number of nitrogen functional groups attached to an aromatic ring is 1. The average molecular weight is 361 g/mol. The van der Waals surface area contributed by atoms with Crippen LogP contribution in [0.1, 0.15) is 6.42 Å². The number of nitrogens with two attached hydrogens (primary N) is 1. The Morgan fingerprint density at radius 1 is 1.59 bits per heavy atom. The molecule has 1 aliphatic heterocycles. The van der Waals surface area contributed by atoms with Crippen LogP contribution in [0.15, 0.2) is 27.9 Å². The minimum atomic E-state index is 0.0559. The van der Waals surface area contributed by atoms with Gasteiger partial charge in [0.25, 0.3) is 0 Å². The van der Waals surface area contributed by atoms with E-state index >= 15 is 0 Å². The molecule has 0 aliphatic carbocycles. The maximum atomic E-state index is 11.9. The topological polar surface area (TPSA) is 59.2 Å². The molecular formula is C11H11Br2N3O. The Hall–Kier alpha value is -0.880. The molecule has 1 atom stereocenters. The van der Waals surface area contributed by atoms with E-state index in [4.69, 9.17) is 5.73 Å². The molecule has 90 valence electrons. The maximum absolute atomic E-state index is 11.9. The van der Waals surface area contributed by atoms with Crippen LogP contribution in [0.4, 0.5) is 11.4 Å². The van der Waals surface area contributed by atoms with Crippen molar-refractivity contribution >= 4 is 49.1 Å². The second kappa shape index (κ2) is 4.78. The number of amides is 1. The molecule has 6 heteroatoms. The van der Waals surface area contributed by atoms with Gasteiger partial charge in [0.2, 0.25) is 5.91 Å². The van der Waals surface area contributed by atoms with Crippen LogP contribution < -0.4 is 10.6 Å². The molecule has 2 N–H and O–H groups in total. The van der Waals surface area contributed by atoms with Crippen LogP contribution in [0.2, 0.25) is 0 Å². The van der Waals surface area contributed by atoms with Gasteiger partial charge in [-0.15, -0.1) is 6.58 Å². The van der Waals surface area contributed by atoms with Crippen molar-refractivity contribution in [1.29, 1.82) is 0 Å². The second-order valence-electron chi connectivity index (χ2n) is 3.86. The number of hydrogen-bond acceptors (Lipinski definition) is 3. The largest absolute Gasteiger partial charge is 0.395 e. The van der Waals surface area contributed by atoms with E-state index in [2.05, 4.69) is 43.4 Å². The Morgan fingerprint density at radius 3 is 2.88 bits per heavy atom. The third-order valence-electron chi connectivity index (χ3n) is 2.75. The number of carbonyl (C=O) groups is 1. The number of aromatic nitrogens is 1. The zero-order valence-electron chi connectivity index (χ0n) is 8.99. The van der Waals surface area contributed by atoms with Crippen molar-refractivity contribution in [3.63, 3.8) is 0 Å². The summed E-state index contributed by atoms with van der Waals surface area (Å²) >= 11 is 6.64. The standard InChI is InChI=1S/C11H11Br2N3O/c1-2-6-3-8(17)16(5-6)10-7(12)4-15-11(13)9(10)14/h2,4,6H,1,3,5,14H2. The van der Waals surface area contributed by atoms with Gasteiger partial charge in [-0.05, 0) is 31.9 Å². The monoisotopic (exact) mass is 359 g/mol. The van der Waals surface area contributed by atoms with Crippen molar-refractivity contribution in [3.05, 3.63) is 27.9 Å². The molecule has 2 rings (SSSR count). The van der Waals surface area contributed by atoms with Crippen molar-refractivity contribution in [2.75, 3.05) is 17.2 Å². The fourth-order valence-corrected chi connectivity index (χ4v) is 2.67. The van der Waals surface area contributed by atoms with E-state index in [-0.39, 0.29) is 11.8 Å². The maximum Gasteiger partial charge on any atom is 0.227 e. The Kier molecular flexibility index (Phi) is 3.53. The quantitative estimate of drug-likeness (QED) is 0.651. The highest BCUT2D eigenvalue weighted by molar-refractivity contribution is 9.11. The fraction of sp³-hybridized carbons (Fsp3) is 0.273. The van der Waals surface area contributed by atoms with E-state index in [1.165, 1.54) is 0 Å². The SMILES string of the molecule is C=CC1CC(=O)N(c2c(Br)cnc(Br)c2N)C1. The van der Waals surface area contributed by atoms with Crippen molar-refractivity contribution in [2.24, 2.45) is 5.92 Å². The van der Waals surface area contributed by atoms with Crippen LogP contribution in [0.3, 0.4) is 0 Å². The highest BCUT2D eigenvalue weighted by Crippen LogP contribution is 2.38. The van der Waals surface area contributed by atoms with Gasteiger partial charge in [0, 0.05) is 25.1 Å². The average Bonchev–Trinajstić information content (AvgIpc) is 2.66. The highest BCUT2D eigenvalue weighted by atomic mass is 79.9. The number of carbonyl (C=O) groups excluding carboxylic acids is 1. The number of pyridine rings is 1. The van der Waals surface area contributed by atoms with Crippen molar-refractivity contribution in [1.82, 2.24) is 4.98 Å². The zero-order chi connectivity index (χ0) is 12.6. The molecule has 1 aliphatic rings. The summed E-state index contributed by atoms with van der Waals surface area (Å²) in [6, 6.07) is 0. The van der Waals surface area contributed by atoms with E-state index in [1.54, 1.807) is 17.2 Å². The van der Waals surface area contributed by atoms with Crippen molar-refractivity contribution < 1.29 is 4.79 Å². The molecule has 0 aromatic carbocycles. The Labute approximate surface area is 116 Å². The van der Waals surface area contributed by atoms with Crippen LogP contribution in [0.25, 0.3) is 0 Å². The highest BCUT2D eigenvalue weighted by Gasteiger charge is 2.31. The van der Waals surface area contributed by atoms with Crippen LogP contribution >= 0.6 is 31.9 Å². The molecule has 0 bridgehead atoms. The molecule has 0 saturated carbocycles. The minimum Gasteiger partial charge on any atom is -0.395 e. The summed E-state index contributed by atoms with van der Waals surface area (Å²) in [6.07, 6.45) is 3.91. The predicted molar refractivity (Wildman–Crippen MR) is 74.7 cm³/mol. The lowest BCUT2D eigenvalue weighted by Crippen LogP contribution is -2.26. The Balaban J connectivity index is 2.44. The van der Waals surface area contributed by atoms with E-state index < -0.39 is 0 Å². The van der Waals surface area contributed by atoms with Gasteiger partial charge in [0.1, 0.15) is 4.60 Å². The number of anilines is 2. The molecule has 0 spiro atoms. The molecule has 1 fully saturated rings. The number of rotatable bonds is 2. The number of halogens is 2. The van der Waals surface area contributed by atoms with Gasteiger partial charge >= 0.3 is 0 Å². The summed E-state index contributed by atoms with van der Waals surface area (Å²) in [6.45, 7) is 4.34. The summed E-state index contributed by atoms with van der Waals surface area (Å²) in [5, 5.41) is 0. The van der Waals surface area contributed by atoms with Crippen LogP contribution in [0.5, 0.6) is 0 Å². The first-order valence-electron chi connectivity index (χ1n) is 5.07. The summed E-state index contributed by atoms with van der Waals surface area (Å²) < 4.78 is 1.27. The van der Waals surface area contributed by atoms with E-state index in [0.717, 1.165) is 4.47 Å². The Morgan fingerprint density at radius 2 is 2.29 bits per heavy atom. The van der Waals surface area contributed by atoms with E-state index in [1.807, 2.05) is 0 Å². The summed E-state index contributed by atoms with van der Waals surface area (Å²) in [7, 11) is 0. The third-order valence-corrected chi connectivity index (χ3v) is 3.97. The summed E-state index contributed by atoms with van der Waals surface area (Å²) in [5.74, 6) is 0.237. The van der Waals surface area contributed by atoms with Crippen LogP contribution in [-0.2, 0) is 4.79 Å². The van der Waals surface area contributed by atoms with E-state index in [0.29, 0.717) is 28.9 Å². The minimum absolute atomic E-state index is 0.0559. The van der Waals surface area contributed by atoms with Gasteiger partial charge in [-0.2, -0.15) is 0 Å². The summed E-state index contributed by atoms with van der Waals surface area (Å²) in [5.41, 5.74) is 7.10. The van der Waals surface area contributed by atoms with Crippen LogP contribution in [-0.4, -0.2) is 17.4 Å². The first-order valence-corrected chi connectivity index (χ1v) is 6.65. The van der Waals surface area contributed by atoms with Crippen LogP contribution in [0, 0.1) is 5.92 Å². The lowest BCUT2D eigenvalue weighted by Gasteiger charge is -2.20. The van der Waals surface area contributed by atoms with Gasteiger partial charge in [0.05, 0.1) is 15.8 Å².